The second-order valence-corrected chi connectivity index (χ2v) is 7.39. The van der Waals surface area contributed by atoms with E-state index in [2.05, 4.69) is 20.9 Å². The average molecular weight is 393 g/mol. The van der Waals surface area contributed by atoms with Crippen LogP contribution in [-0.4, -0.2) is 22.8 Å². The summed E-state index contributed by atoms with van der Waals surface area (Å²) in [6, 6.07) is 9.98. The molecule has 0 fully saturated rings. The number of hydrogen-bond donors (Lipinski definition) is 0. The molecular formula is C16H13BrN2OS2. The van der Waals surface area contributed by atoms with Crippen molar-refractivity contribution in [3.05, 3.63) is 62.2 Å². The van der Waals surface area contributed by atoms with Gasteiger partial charge in [0.1, 0.15) is 10.7 Å². The molecule has 3 rings (SSSR count). The highest BCUT2D eigenvalue weighted by molar-refractivity contribution is 9.10. The monoisotopic (exact) mass is 392 g/mol. The smallest absolute Gasteiger partial charge is 0.273 e. The number of thiophene rings is 1. The second-order valence-electron chi connectivity index (χ2n) is 4.84. The first-order chi connectivity index (χ1) is 10.6. The van der Waals surface area contributed by atoms with Crippen molar-refractivity contribution < 1.29 is 4.79 Å². The van der Waals surface area contributed by atoms with E-state index in [4.69, 9.17) is 0 Å². The first-order valence-corrected chi connectivity index (χ1v) is 9.23. The zero-order valence-corrected chi connectivity index (χ0v) is 15.0. The lowest BCUT2D eigenvalue weighted by Gasteiger charge is -2.16. The molecule has 0 aliphatic carbocycles. The Balaban J connectivity index is 1.72. The maximum absolute atomic E-state index is 12.5. The number of rotatable bonds is 4. The van der Waals surface area contributed by atoms with Gasteiger partial charge in [-0.1, -0.05) is 28.1 Å². The fourth-order valence-electron chi connectivity index (χ4n) is 2.02. The molecule has 0 N–H and O–H groups in total. The summed E-state index contributed by atoms with van der Waals surface area (Å²) >= 11 is 6.54. The third-order valence-electron chi connectivity index (χ3n) is 3.17. The molecule has 0 bridgehead atoms. The van der Waals surface area contributed by atoms with Crippen molar-refractivity contribution in [2.45, 2.75) is 6.54 Å². The van der Waals surface area contributed by atoms with Gasteiger partial charge < -0.3 is 4.90 Å². The van der Waals surface area contributed by atoms with E-state index in [0.717, 1.165) is 20.6 Å². The van der Waals surface area contributed by atoms with Gasteiger partial charge in [-0.15, -0.1) is 11.3 Å². The van der Waals surface area contributed by atoms with E-state index in [0.29, 0.717) is 12.2 Å². The summed E-state index contributed by atoms with van der Waals surface area (Å²) in [6.45, 7) is 0.567. The average Bonchev–Trinajstić information content (AvgIpc) is 3.19. The minimum absolute atomic E-state index is 0.0550. The summed E-state index contributed by atoms with van der Waals surface area (Å²) < 4.78 is 1.03. The van der Waals surface area contributed by atoms with Crippen molar-refractivity contribution in [3.8, 4) is 10.6 Å². The Morgan fingerprint density at radius 1 is 1.23 bits per heavy atom. The van der Waals surface area contributed by atoms with Gasteiger partial charge in [0.05, 0.1) is 0 Å². The quantitative estimate of drug-likeness (QED) is 0.631. The molecule has 0 aliphatic heterocycles. The van der Waals surface area contributed by atoms with E-state index in [1.165, 1.54) is 11.3 Å². The highest BCUT2D eigenvalue weighted by Gasteiger charge is 2.16. The van der Waals surface area contributed by atoms with Gasteiger partial charge in [-0.2, -0.15) is 11.3 Å². The molecule has 0 aliphatic rings. The molecule has 3 nitrogen and oxygen atoms in total. The maximum atomic E-state index is 12.5. The van der Waals surface area contributed by atoms with Crippen LogP contribution in [0.5, 0.6) is 0 Å². The number of halogens is 1. The van der Waals surface area contributed by atoms with Crippen LogP contribution in [0, 0.1) is 0 Å². The van der Waals surface area contributed by atoms with Gasteiger partial charge in [0.2, 0.25) is 0 Å². The van der Waals surface area contributed by atoms with Gasteiger partial charge in [0, 0.05) is 34.4 Å². The van der Waals surface area contributed by atoms with Crippen LogP contribution in [0.15, 0.2) is 50.9 Å². The lowest BCUT2D eigenvalue weighted by atomic mass is 10.2. The van der Waals surface area contributed by atoms with Crippen molar-refractivity contribution in [2.24, 2.45) is 0 Å². The van der Waals surface area contributed by atoms with Crippen LogP contribution in [0.1, 0.15) is 16.1 Å². The van der Waals surface area contributed by atoms with E-state index in [9.17, 15) is 4.79 Å². The molecule has 3 aromatic rings. The Hall–Kier alpha value is -1.50. The normalized spacial score (nSPS) is 10.6. The number of nitrogens with zero attached hydrogens (tertiary/aromatic N) is 2. The molecule has 0 unspecified atom stereocenters. The van der Waals surface area contributed by atoms with Crippen molar-refractivity contribution in [1.29, 1.82) is 0 Å². The van der Waals surface area contributed by atoms with Gasteiger partial charge in [-0.25, -0.2) is 4.98 Å². The standard InChI is InChI=1S/C16H13BrN2OS2/c1-19(8-11-2-4-13(17)5-3-11)16(20)14-10-22-15(18-14)12-6-7-21-9-12/h2-7,9-10H,8H2,1H3. The van der Waals surface area contributed by atoms with E-state index < -0.39 is 0 Å². The van der Waals surface area contributed by atoms with Crippen LogP contribution in [0.25, 0.3) is 10.6 Å². The van der Waals surface area contributed by atoms with Crippen LogP contribution < -0.4 is 0 Å². The zero-order chi connectivity index (χ0) is 15.5. The van der Waals surface area contributed by atoms with Crippen molar-refractivity contribution in [1.82, 2.24) is 9.88 Å². The Bertz CT molecular complexity index is 766. The summed E-state index contributed by atoms with van der Waals surface area (Å²) in [7, 11) is 1.80. The van der Waals surface area contributed by atoms with Crippen molar-refractivity contribution in [3.63, 3.8) is 0 Å². The number of thiazole rings is 1. The summed E-state index contributed by atoms with van der Waals surface area (Å²) in [5.74, 6) is -0.0550. The van der Waals surface area contributed by atoms with Crippen LogP contribution in [-0.2, 0) is 6.54 Å². The van der Waals surface area contributed by atoms with Crippen molar-refractivity contribution >= 4 is 44.5 Å². The maximum Gasteiger partial charge on any atom is 0.273 e. The molecule has 6 heteroatoms. The Morgan fingerprint density at radius 2 is 2.00 bits per heavy atom. The number of carbonyl (C=O) groups is 1. The van der Waals surface area contributed by atoms with Gasteiger partial charge in [0.15, 0.2) is 0 Å². The molecule has 112 valence electrons. The number of amides is 1. The fourth-order valence-corrected chi connectivity index (χ4v) is 3.79. The minimum Gasteiger partial charge on any atom is -0.336 e. The molecule has 0 radical (unpaired) electrons. The van der Waals surface area contributed by atoms with Gasteiger partial charge in [-0.3, -0.25) is 4.79 Å². The molecule has 0 saturated carbocycles. The predicted octanol–water partition coefficient (Wildman–Crippen LogP) is 4.91. The molecule has 2 heterocycles. The third-order valence-corrected chi connectivity index (χ3v) is 5.27. The lowest BCUT2D eigenvalue weighted by molar-refractivity contribution is 0.0780. The minimum atomic E-state index is -0.0550. The van der Waals surface area contributed by atoms with E-state index in [-0.39, 0.29) is 5.91 Å². The van der Waals surface area contributed by atoms with Crippen LogP contribution >= 0.6 is 38.6 Å². The number of aromatic nitrogens is 1. The summed E-state index contributed by atoms with van der Waals surface area (Å²) in [5, 5.41) is 6.77. The molecule has 0 spiro atoms. The molecular weight excluding hydrogens is 380 g/mol. The topological polar surface area (TPSA) is 33.2 Å². The largest absolute Gasteiger partial charge is 0.336 e. The van der Waals surface area contributed by atoms with E-state index in [1.54, 1.807) is 23.3 Å². The number of hydrogen-bond acceptors (Lipinski definition) is 4. The Labute approximate surface area is 145 Å². The van der Waals surface area contributed by atoms with Crippen LogP contribution in [0.2, 0.25) is 0 Å². The molecule has 22 heavy (non-hydrogen) atoms. The first kappa shape index (κ1) is 15.4. The van der Waals surface area contributed by atoms with E-state index in [1.807, 2.05) is 46.5 Å². The summed E-state index contributed by atoms with van der Waals surface area (Å²) in [4.78, 5) is 18.6. The molecule has 1 amide bonds. The summed E-state index contributed by atoms with van der Waals surface area (Å²) in [5.41, 5.74) is 2.67. The molecule has 0 atom stereocenters. The van der Waals surface area contributed by atoms with Gasteiger partial charge in [-0.05, 0) is 29.1 Å². The highest BCUT2D eigenvalue weighted by atomic mass is 79.9. The number of carbonyl (C=O) groups excluding carboxylic acids is 1. The second kappa shape index (κ2) is 6.73. The van der Waals surface area contributed by atoms with Crippen molar-refractivity contribution in [2.75, 3.05) is 7.05 Å². The predicted molar refractivity (Wildman–Crippen MR) is 95.4 cm³/mol. The number of benzene rings is 1. The Morgan fingerprint density at radius 3 is 2.68 bits per heavy atom. The molecule has 1 aromatic carbocycles. The van der Waals surface area contributed by atoms with Gasteiger partial charge in [0.25, 0.3) is 5.91 Å². The molecule has 0 saturated heterocycles. The summed E-state index contributed by atoms with van der Waals surface area (Å²) in [6.07, 6.45) is 0. The van der Waals surface area contributed by atoms with Crippen LogP contribution in [0.4, 0.5) is 0 Å². The zero-order valence-electron chi connectivity index (χ0n) is 11.8. The highest BCUT2D eigenvalue weighted by Crippen LogP contribution is 2.26. The SMILES string of the molecule is CN(Cc1ccc(Br)cc1)C(=O)c1csc(-c2ccsc2)n1. The fraction of sp³-hybridized carbons (Fsp3) is 0.125. The Kier molecular flexibility index (Phi) is 4.71. The molecule has 2 aromatic heterocycles. The van der Waals surface area contributed by atoms with Gasteiger partial charge >= 0.3 is 0 Å². The lowest BCUT2D eigenvalue weighted by Crippen LogP contribution is -2.26. The first-order valence-electron chi connectivity index (χ1n) is 6.61. The van der Waals surface area contributed by atoms with E-state index >= 15 is 0 Å². The third kappa shape index (κ3) is 3.45. The van der Waals surface area contributed by atoms with Crippen LogP contribution in [0.3, 0.4) is 0 Å².